The van der Waals surface area contributed by atoms with E-state index in [2.05, 4.69) is 16.6 Å². The van der Waals surface area contributed by atoms with Crippen molar-refractivity contribution in [3.05, 3.63) is 28.6 Å². The zero-order chi connectivity index (χ0) is 12.3. The predicted molar refractivity (Wildman–Crippen MR) is 69.5 cm³/mol. The van der Waals surface area contributed by atoms with Crippen molar-refractivity contribution in [1.82, 2.24) is 15.2 Å². The summed E-state index contributed by atoms with van der Waals surface area (Å²) in [5.41, 5.74) is 5.28. The Morgan fingerprint density at radius 2 is 2.41 bits per heavy atom. The van der Waals surface area contributed by atoms with Crippen molar-refractivity contribution in [1.29, 1.82) is 0 Å². The summed E-state index contributed by atoms with van der Waals surface area (Å²) in [7, 11) is 1.89. The molecule has 0 fully saturated rings. The molecule has 0 radical (unpaired) electrons. The fourth-order valence-electron chi connectivity index (χ4n) is 2.40. The standard InChI is InChI=1S/C12H19ClN4/c1-17-12(10(13)8-15-17)11(16-14)7-9-5-3-2-4-6-9/h5,8,11,16H,2-4,6-7,14H2,1H3. The van der Waals surface area contributed by atoms with E-state index < -0.39 is 0 Å². The summed E-state index contributed by atoms with van der Waals surface area (Å²) >= 11 is 6.14. The first-order chi connectivity index (χ1) is 8.22. The number of rotatable bonds is 4. The molecule has 0 amide bonds. The summed E-state index contributed by atoms with van der Waals surface area (Å²) in [5, 5.41) is 4.82. The lowest BCUT2D eigenvalue weighted by Gasteiger charge is -2.20. The highest BCUT2D eigenvalue weighted by Gasteiger charge is 2.19. The van der Waals surface area contributed by atoms with Gasteiger partial charge in [0.15, 0.2) is 0 Å². The molecule has 0 saturated carbocycles. The monoisotopic (exact) mass is 254 g/mol. The number of halogens is 1. The molecule has 4 nitrogen and oxygen atoms in total. The van der Waals surface area contributed by atoms with Gasteiger partial charge < -0.3 is 0 Å². The fourth-order valence-corrected chi connectivity index (χ4v) is 2.70. The Balaban J connectivity index is 2.14. The Kier molecular flexibility index (Phi) is 4.20. The van der Waals surface area contributed by atoms with E-state index in [1.165, 1.54) is 31.3 Å². The number of aryl methyl sites for hydroxylation is 1. The second-order valence-electron chi connectivity index (χ2n) is 4.53. The SMILES string of the molecule is Cn1ncc(Cl)c1C(CC1=CCCCC1)NN. The topological polar surface area (TPSA) is 55.9 Å². The average molecular weight is 255 g/mol. The van der Waals surface area contributed by atoms with Gasteiger partial charge in [-0.1, -0.05) is 23.3 Å². The molecule has 0 saturated heterocycles. The summed E-state index contributed by atoms with van der Waals surface area (Å²) in [4.78, 5) is 0. The Hall–Kier alpha value is -0.840. The highest BCUT2D eigenvalue weighted by atomic mass is 35.5. The molecule has 0 aromatic carbocycles. The van der Waals surface area contributed by atoms with Crippen molar-refractivity contribution in [2.75, 3.05) is 0 Å². The van der Waals surface area contributed by atoms with Crippen molar-refractivity contribution in [3.63, 3.8) is 0 Å². The van der Waals surface area contributed by atoms with Crippen molar-refractivity contribution >= 4 is 11.6 Å². The number of allylic oxidation sites excluding steroid dienone is 1. The molecule has 1 atom stereocenters. The van der Waals surface area contributed by atoms with Gasteiger partial charge in [-0.2, -0.15) is 5.10 Å². The second kappa shape index (κ2) is 5.67. The van der Waals surface area contributed by atoms with Crippen molar-refractivity contribution in [2.24, 2.45) is 12.9 Å². The van der Waals surface area contributed by atoms with E-state index in [0.717, 1.165) is 12.1 Å². The van der Waals surface area contributed by atoms with Gasteiger partial charge in [-0.25, -0.2) is 0 Å². The first-order valence-electron chi connectivity index (χ1n) is 6.03. The number of nitrogens with two attached hydrogens (primary N) is 1. The molecule has 1 aromatic heterocycles. The van der Waals surface area contributed by atoms with Gasteiger partial charge in [-0.15, -0.1) is 0 Å². The third kappa shape index (κ3) is 2.89. The molecule has 1 aromatic rings. The lowest BCUT2D eigenvalue weighted by molar-refractivity contribution is 0.493. The molecule has 3 N–H and O–H groups in total. The fraction of sp³-hybridized carbons (Fsp3) is 0.583. The molecule has 0 spiro atoms. The van der Waals surface area contributed by atoms with Crippen molar-refractivity contribution in [2.45, 2.75) is 38.1 Å². The van der Waals surface area contributed by atoms with Gasteiger partial charge >= 0.3 is 0 Å². The Bertz CT molecular complexity index is 391. The summed E-state index contributed by atoms with van der Waals surface area (Å²) in [6.45, 7) is 0. The average Bonchev–Trinajstić information content (AvgIpc) is 2.68. The molecule has 1 aliphatic rings. The predicted octanol–water partition coefficient (Wildman–Crippen LogP) is 2.47. The Labute approximate surface area is 107 Å². The molecule has 94 valence electrons. The zero-order valence-corrected chi connectivity index (χ0v) is 10.9. The number of nitrogens with one attached hydrogen (secondary N) is 1. The lowest BCUT2D eigenvalue weighted by atomic mass is 9.93. The van der Waals surface area contributed by atoms with Gasteiger partial charge in [-0.05, 0) is 32.1 Å². The Morgan fingerprint density at radius 3 is 2.94 bits per heavy atom. The highest BCUT2D eigenvalue weighted by molar-refractivity contribution is 6.31. The largest absolute Gasteiger partial charge is 0.271 e. The Morgan fingerprint density at radius 1 is 1.59 bits per heavy atom. The smallest absolute Gasteiger partial charge is 0.0834 e. The molecule has 5 heteroatoms. The van der Waals surface area contributed by atoms with E-state index in [0.29, 0.717) is 5.02 Å². The maximum atomic E-state index is 6.14. The van der Waals surface area contributed by atoms with Crippen molar-refractivity contribution < 1.29 is 0 Å². The van der Waals surface area contributed by atoms with E-state index in [9.17, 15) is 0 Å². The van der Waals surface area contributed by atoms with Crippen LogP contribution in [0.4, 0.5) is 0 Å². The summed E-state index contributed by atoms with van der Waals surface area (Å²) < 4.78 is 1.79. The first kappa shape index (κ1) is 12.6. The minimum atomic E-state index is 0.0411. The zero-order valence-electron chi connectivity index (χ0n) is 10.1. The van der Waals surface area contributed by atoms with Crippen molar-refractivity contribution in [3.8, 4) is 0 Å². The van der Waals surface area contributed by atoms with E-state index in [1.807, 2.05) is 7.05 Å². The first-order valence-corrected chi connectivity index (χ1v) is 6.41. The normalized spacial score (nSPS) is 17.9. The number of hydrazine groups is 1. The van der Waals surface area contributed by atoms with Crippen LogP contribution in [-0.4, -0.2) is 9.78 Å². The third-order valence-corrected chi connectivity index (χ3v) is 3.61. The van der Waals surface area contributed by atoms with Crippen LogP contribution < -0.4 is 11.3 Å². The van der Waals surface area contributed by atoms with Crippen LogP contribution in [0.15, 0.2) is 17.8 Å². The van der Waals surface area contributed by atoms with Crippen LogP contribution in [0.3, 0.4) is 0 Å². The molecule has 2 rings (SSSR count). The highest BCUT2D eigenvalue weighted by Crippen LogP contribution is 2.30. The maximum Gasteiger partial charge on any atom is 0.0834 e. The second-order valence-corrected chi connectivity index (χ2v) is 4.94. The van der Waals surface area contributed by atoms with Crippen LogP contribution in [0.25, 0.3) is 0 Å². The van der Waals surface area contributed by atoms with E-state index in [4.69, 9.17) is 17.4 Å². The number of hydrogen-bond donors (Lipinski definition) is 2. The quantitative estimate of drug-likeness (QED) is 0.493. The molecule has 1 unspecified atom stereocenters. The van der Waals surface area contributed by atoms with Crippen LogP contribution in [-0.2, 0) is 7.05 Å². The van der Waals surface area contributed by atoms with Crippen LogP contribution in [0, 0.1) is 0 Å². The molecular formula is C12H19ClN4. The molecular weight excluding hydrogens is 236 g/mol. The summed E-state index contributed by atoms with van der Waals surface area (Å²) in [6.07, 6.45) is 9.85. The molecule has 0 bridgehead atoms. The van der Waals surface area contributed by atoms with Crippen LogP contribution >= 0.6 is 11.6 Å². The van der Waals surface area contributed by atoms with Crippen LogP contribution in [0.5, 0.6) is 0 Å². The van der Waals surface area contributed by atoms with E-state index in [1.54, 1.807) is 10.9 Å². The van der Waals surface area contributed by atoms with Gasteiger partial charge in [0.25, 0.3) is 0 Å². The van der Waals surface area contributed by atoms with E-state index >= 15 is 0 Å². The number of hydrogen-bond acceptors (Lipinski definition) is 3. The molecule has 0 aliphatic heterocycles. The minimum Gasteiger partial charge on any atom is -0.271 e. The van der Waals surface area contributed by atoms with Gasteiger partial charge in [-0.3, -0.25) is 16.0 Å². The number of aromatic nitrogens is 2. The van der Waals surface area contributed by atoms with Gasteiger partial charge in [0.2, 0.25) is 0 Å². The number of nitrogens with zero attached hydrogens (tertiary/aromatic N) is 2. The third-order valence-electron chi connectivity index (χ3n) is 3.32. The molecule has 1 aliphatic carbocycles. The maximum absolute atomic E-state index is 6.14. The summed E-state index contributed by atoms with van der Waals surface area (Å²) in [5.74, 6) is 5.64. The van der Waals surface area contributed by atoms with Gasteiger partial charge in [0.1, 0.15) is 0 Å². The van der Waals surface area contributed by atoms with Gasteiger partial charge in [0.05, 0.1) is 23.0 Å². The summed E-state index contributed by atoms with van der Waals surface area (Å²) in [6, 6.07) is 0.0411. The van der Waals surface area contributed by atoms with Crippen LogP contribution in [0.2, 0.25) is 5.02 Å². The lowest BCUT2D eigenvalue weighted by Crippen LogP contribution is -2.30. The van der Waals surface area contributed by atoms with Crippen LogP contribution in [0.1, 0.15) is 43.8 Å². The molecule has 1 heterocycles. The van der Waals surface area contributed by atoms with Gasteiger partial charge in [0, 0.05) is 7.05 Å². The minimum absolute atomic E-state index is 0.0411. The molecule has 17 heavy (non-hydrogen) atoms. The van der Waals surface area contributed by atoms with E-state index in [-0.39, 0.29) is 6.04 Å².